The molecular formula is C10H16. The third kappa shape index (κ3) is 0.902. The summed E-state index contributed by atoms with van der Waals surface area (Å²) in [5, 5.41) is 0. The minimum atomic E-state index is 0.992. The van der Waals surface area contributed by atoms with E-state index in [1.165, 1.54) is 32.1 Å². The molecule has 1 fully saturated rings. The maximum Gasteiger partial charge on any atom is -0.0197 e. The van der Waals surface area contributed by atoms with Crippen LogP contribution in [-0.4, -0.2) is 0 Å². The highest BCUT2D eigenvalue weighted by molar-refractivity contribution is 5.19. The molecule has 0 aromatic rings. The van der Waals surface area contributed by atoms with Gasteiger partial charge in [-0.1, -0.05) is 25.0 Å². The Morgan fingerprint density at radius 3 is 2.90 bits per heavy atom. The van der Waals surface area contributed by atoms with Crippen molar-refractivity contribution >= 4 is 0 Å². The molecule has 0 spiro atoms. The summed E-state index contributed by atoms with van der Waals surface area (Å²) < 4.78 is 0. The summed E-state index contributed by atoms with van der Waals surface area (Å²) in [6, 6.07) is 0. The van der Waals surface area contributed by atoms with Gasteiger partial charge in [0, 0.05) is 0 Å². The first-order valence-corrected chi connectivity index (χ1v) is 4.60. The topological polar surface area (TPSA) is 0 Å². The van der Waals surface area contributed by atoms with Crippen molar-refractivity contribution in [2.75, 3.05) is 0 Å². The fraction of sp³-hybridized carbons (Fsp3) is 0.800. The molecule has 0 N–H and O–H groups in total. The van der Waals surface area contributed by atoms with E-state index in [1.54, 1.807) is 5.57 Å². The van der Waals surface area contributed by atoms with Gasteiger partial charge in [-0.25, -0.2) is 0 Å². The molecule has 2 aliphatic carbocycles. The maximum absolute atomic E-state index is 2.55. The first kappa shape index (κ1) is 6.45. The highest BCUT2D eigenvalue weighted by Gasteiger charge is 2.31. The molecule has 0 nitrogen and oxygen atoms in total. The fourth-order valence-corrected chi connectivity index (χ4v) is 2.52. The highest BCUT2D eigenvalue weighted by atomic mass is 14.4. The van der Waals surface area contributed by atoms with Crippen LogP contribution in [-0.2, 0) is 0 Å². The van der Waals surface area contributed by atoms with Crippen LogP contribution in [0, 0.1) is 11.8 Å². The van der Waals surface area contributed by atoms with E-state index in [2.05, 4.69) is 13.0 Å². The monoisotopic (exact) mass is 136 g/mol. The van der Waals surface area contributed by atoms with Crippen molar-refractivity contribution in [3.05, 3.63) is 11.6 Å². The summed E-state index contributed by atoms with van der Waals surface area (Å²) >= 11 is 0. The zero-order valence-corrected chi connectivity index (χ0v) is 6.77. The highest BCUT2D eigenvalue weighted by Crippen LogP contribution is 2.44. The molecule has 2 bridgehead atoms. The Kier molecular flexibility index (Phi) is 1.55. The van der Waals surface area contributed by atoms with Crippen LogP contribution >= 0.6 is 0 Å². The van der Waals surface area contributed by atoms with Gasteiger partial charge in [-0.05, 0) is 37.5 Å². The lowest BCUT2D eigenvalue weighted by molar-refractivity contribution is 0.621. The minimum absolute atomic E-state index is 0.992. The molecule has 2 unspecified atom stereocenters. The molecule has 0 aromatic heterocycles. The Bertz CT molecular complexity index is 155. The predicted octanol–water partition coefficient (Wildman–Crippen LogP) is 3.14. The van der Waals surface area contributed by atoms with Gasteiger partial charge in [-0.2, -0.15) is 0 Å². The molecule has 0 aliphatic heterocycles. The van der Waals surface area contributed by atoms with Gasteiger partial charge in [-0.15, -0.1) is 0 Å². The Labute approximate surface area is 63.3 Å². The van der Waals surface area contributed by atoms with Crippen LogP contribution in [0.25, 0.3) is 0 Å². The average molecular weight is 136 g/mol. The van der Waals surface area contributed by atoms with Crippen molar-refractivity contribution in [1.82, 2.24) is 0 Å². The Balaban J connectivity index is 2.03. The van der Waals surface area contributed by atoms with Crippen LogP contribution in [0.2, 0.25) is 0 Å². The lowest BCUT2D eigenvalue weighted by Gasteiger charge is -2.11. The second-order valence-corrected chi connectivity index (χ2v) is 3.76. The average Bonchev–Trinajstić information content (AvgIpc) is 2.48. The quantitative estimate of drug-likeness (QED) is 0.511. The number of hydrogen-bond donors (Lipinski definition) is 0. The molecule has 0 radical (unpaired) electrons. The van der Waals surface area contributed by atoms with E-state index < -0.39 is 0 Å². The molecule has 0 amide bonds. The molecule has 2 rings (SSSR count). The third-order valence-electron chi connectivity index (χ3n) is 2.99. The van der Waals surface area contributed by atoms with Crippen molar-refractivity contribution in [3.8, 4) is 0 Å². The Hall–Kier alpha value is -0.260. The molecule has 2 aliphatic rings. The van der Waals surface area contributed by atoms with E-state index in [1.807, 2.05) is 0 Å². The van der Waals surface area contributed by atoms with Gasteiger partial charge in [0.05, 0.1) is 0 Å². The molecule has 1 saturated carbocycles. The summed E-state index contributed by atoms with van der Waals surface area (Å²) in [7, 11) is 0. The lowest BCUT2D eigenvalue weighted by atomic mass is 9.95. The van der Waals surface area contributed by atoms with Crippen LogP contribution < -0.4 is 0 Å². The van der Waals surface area contributed by atoms with Crippen molar-refractivity contribution in [1.29, 1.82) is 0 Å². The summed E-state index contributed by atoms with van der Waals surface area (Å²) in [6.45, 7) is 2.28. The first-order valence-electron chi connectivity index (χ1n) is 4.60. The van der Waals surface area contributed by atoms with Crippen LogP contribution in [0.1, 0.15) is 39.0 Å². The maximum atomic E-state index is 2.55. The molecule has 0 aromatic carbocycles. The summed E-state index contributed by atoms with van der Waals surface area (Å²) in [4.78, 5) is 0. The Morgan fingerprint density at radius 2 is 2.40 bits per heavy atom. The van der Waals surface area contributed by atoms with Gasteiger partial charge in [0.25, 0.3) is 0 Å². The minimum Gasteiger partial charge on any atom is -0.0819 e. The van der Waals surface area contributed by atoms with Gasteiger partial charge in [0.1, 0.15) is 0 Å². The number of rotatable bonds is 2. The smallest absolute Gasteiger partial charge is 0.0197 e. The standard InChI is InChI=1S/C10H16/c1-2-3-9-6-8-4-5-10(9)7-8/h6,8,10H,2-5,7H2,1H3. The molecule has 0 heterocycles. The Morgan fingerprint density at radius 1 is 1.50 bits per heavy atom. The van der Waals surface area contributed by atoms with E-state index in [0.717, 1.165) is 11.8 Å². The first-order chi connectivity index (χ1) is 4.90. The van der Waals surface area contributed by atoms with Gasteiger partial charge in [0.2, 0.25) is 0 Å². The van der Waals surface area contributed by atoms with E-state index in [0.29, 0.717) is 0 Å². The van der Waals surface area contributed by atoms with Crippen LogP contribution in [0.3, 0.4) is 0 Å². The zero-order chi connectivity index (χ0) is 6.97. The van der Waals surface area contributed by atoms with E-state index in [4.69, 9.17) is 0 Å². The molecule has 10 heavy (non-hydrogen) atoms. The van der Waals surface area contributed by atoms with Gasteiger partial charge in [0.15, 0.2) is 0 Å². The van der Waals surface area contributed by atoms with Gasteiger partial charge >= 0.3 is 0 Å². The number of allylic oxidation sites excluding steroid dienone is 2. The zero-order valence-electron chi connectivity index (χ0n) is 6.77. The van der Waals surface area contributed by atoms with Gasteiger partial charge < -0.3 is 0 Å². The molecule has 0 heteroatoms. The van der Waals surface area contributed by atoms with E-state index in [-0.39, 0.29) is 0 Å². The second kappa shape index (κ2) is 2.41. The summed E-state index contributed by atoms with van der Waals surface area (Å²) in [6.07, 6.45) is 9.75. The third-order valence-corrected chi connectivity index (χ3v) is 2.99. The fourth-order valence-electron chi connectivity index (χ4n) is 2.52. The lowest BCUT2D eigenvalue weighted by Crippen LogP contribution is -1.95. The van der Waals surface area contributed by atoms with E-state index >= 15 is 0 Å². The molecule has 2 atom stereocenters. The predicted molar refractivity (Wildman–Crippen MR) is 43.8 cm³/mol. The summed E-state index contributed by atoms with van der Waals surface area (Å²) in [5.41, 5.74) is 1.79. The van der Waals surface area contributed by atoms with E-state index in [9.17, 15) is 0 Å². The molecule has 0 saturated heterocycles. The van der Waals surface area contributed by atoms with Crippen molar-refractivity contribution in [3.63, 3.8) is 0 Å². The SMILES string of the molecule is CCCC1=CC2CCC1C2. The van der Waals surface area contributed by atoms with Crippen molar-refractivity contribution in [2.45, 2.75) is 39.0 Å². The second-order valence-electron chi connectivity index (χ2n) is 3.76. The normalized spacial score (nSPS) is 36.7. The number of hydrogen-bond acceptors (Lipinski definition) is 0. The van der Waals surface area contributed by atoms with Gasteiger partial charge in [-0.3, -0.25) is 0 Å². The summed E-state index contributed by atoms with van der Waals surface area (Å²) in [5.74, 6) is 2.01. The van der Waals surface area contributed by atoms with Crippen LogP contribution in [0.15, 0.2) is 11.6 Å². The number of fused-ring (bicyclic) bond motifs is 2. The largest absolute Gasteiger partial charge is 0.0819 e. The van der Waals surface area contributed by atoms with Crippen LogP contribution in [0.4, 0.5) is 0 Å². The molecule has 56 valence electrons. The van der Waals surface area contributed by atoms with Crippen molar-refractivity contribution in [2.24, 2.45) is 11.8 Å². The van der Waals surface area contributed by atoms with Crippen molar-refractivity contribution < 1.29 is 0 Å². The molecular weight excluding hydrogens is 120 g/mol. The van der Waals surface area contributed by atoms with Crippen LogP contribution in [0.5, 0.6) is 0 Å².